The van der Waals surface area contributed by atoms with E-state index in [0.717, 1.165) is 0 Å². The third-order valence-electron chi connectivity index (χ3n) is 15.9. The molecule has 0 unspecified atom stereocenters. The molecule has 0 bridgehead atoms. The Hall–Kier alpha value is 1.40. The number of unbranched alkanes of at least 4 members (excludes halogenated alkanes) is 52. The van der Waals surface area contributed by atoms with Crippen LogP contribution in [0.3, 0.4) is 0 Å². The summed E-state index contributed by atoms with van der Waals surface area (Å²) in [5.41, 5.74) is 0. The Bertz CT molecular complexity index is 918. The molecule has 73 heavy (non-hydrogen) atoms. The summed E-state index contributed by atoms with van der Waals surface area (Å²) in [6.07, 6.45) is 79.7. The molecule has 0 aromatic heterocycles. The van der Waals surface area contributed by atoms with E-state index in [4.69, 9.17) is 24.4 Å². The van der Waals surface area contributed by atoms with E-state index < -0.39 is 21.2 Å². The van der Waals surface area contributed by atoms with Gasteiger partial charge < -0.3 is 0 Å². The summed E-state index contributed by atoms with van der Waals surface area (Å²) in [5.74, 6) is 0. The van der Waals surface area contributed by atoms with Gasteiger partial charge in [-0.2, -0.15) is 0 Å². The predicted octanol–water partition coefficient (Wildman–Crippen LogP) is 25.1. The molecule has 2 radical (unpaired) electrons. The van der Waals surface area contributed by atoms with E-state index in [1.54, 1.807) is 0 Å². The summed E-state index contributed by atoms with van der Waals surface area (Å²) in [7, 11) is 4.20. The van der Waals surface area contributed by atoms with Crippen LogP contribution < -0.4 is 0 Å². The van der Waals surface area contributed by atoms with Gasteiger partial charge in [0, 0.05) is 0 Å². The van der Waals surface area contributed by atoms with Crippen LogP contribution in [0.4, 0.5) is 0 Å². The van der Waals surface area contributed by atoms with Gasteiger partial charge in [-0.15, -0.1) is 0 Å². The average Bonchev–Trinajstić information content (AvgIpc) is 3.39. The molecule has 0 amide bonds. The second-order valence-corrected chi connectivity index (χ2v) is 36.9. The van der Waals surface area contributed by atoms with Crippen LogP contribution in [0.25, 0.3) is 0 Å². The molecule has 0 N–H and O–H groups in total. The maximum absolute atomic E-state index is 6.30. The Balaban J connectivity index is 4.90. The monoisotopic (exact) mass is 1290 g/mol. The smallest absolute Gasteiger partial charge is 0.0654 e. The third kappa shape index (κ3) is 59.4. The van der Waals surface area contributed by atoms with Gasteiger partial charge in [0.25, 0.3) is 0 Å². The zero-order chi connectivity index (χ0) is 52.9. The first-order chi connectivity index (χ1) is 36.1. The second kappa shape index (κ2) is 65.9. The van der Waals surface area contributed by atoms with Crippen molar-refractivity contribution in [2.24, 2.45) is 0 Å². The summed E-state index contributed by atoms with van der Waals surface area (Å²) in [6, 6.07) is 0. The van der Waals surface area contributed by atoms with E-state index in [1.807, 2.05) is 0 Å². The van der Waals surface area contributed by atoms with Crippen molar-refractivity contribution in [2.75, 3.05) is 26.2 Å². The average molecular weight is 1290 g/mol. The Morgan fingerprint density at radius 2 is 0.342 bits per heavy atom. The zero-order valence-corrected chi connectivity index (χ0v) is 57.6. The first-order valence-electron chi connectivity index (χ1n) is 33.8. The van der Waals surface area contributed by atoms with Crippen LogP contribution in [0, 0.1) is 0 Å². The minimum Gasteiger partial charge on any atom is -0.0654 e. The first kappa shape index (κ1) is 74.4. The van der Waals surface area contributed by atoms with E-state index in [0.29, 0.717) is 0 Å². The number of hydrogen-bond donors (Lipinski definition) is 0. The van der Waals surface area contributed by atoms with Crippen LogP contribution in [-0.4, -0.2) is 65.9 Å². The van der Waals surface area contributed by atoms with E-state index in [9.17, 15) is 0 Å². The number of nitrogens with zero attached hydrogens (tertiary/aromatic N) is 2. The molecule has 2 nitrogen and oxygen atoms in total. The van der Waals surface area contributed by atoms with E-state index in [2.05, 4.69) is 54.1 Å². The number of hydrogen-bond acceptors (Lipinski definition) is 4. The molecule has 0 aromatic carbocycles. The van der Waals surface area contributed by atoms with E-state index in [-0.39, 0.29) is 0 Å². The fourth-order valence-electron chi connectivity index (χ4n) is 10.8. The topological polar surface area (TPSA) is 6.48 Å². The van der Waals surface area contributed by atoms with Gasteiger partial charge in [-0.1, -0.05) is 182 Å². The van der Waals surface area contributed by atoms with Crippen molar-refractivity contribution in [3.8, 4) is 0 Å². The summed E-state index contributed by atoms with van der Waals surface area (Å²) in [6.45, 7) is 14.0. The quantitative estimate of drug-likeness (QED) is 0.0338. The Morgan fingerprint density at radius 3 is 0.479 bits per heavy atom. The molecule has 0 fully saturated rings. The van der Waals surface area contributed by atoms with Gasteiger partial charge in [-0.05, 0) is 0 Å². The van der Waals surface area contributed by atoms with Crippen LogP contribution >= 0.6 is 41.1 Å². The SMILES string of the molecule is CCCCCCCCCCCCCCCCN(CCCCCCCCCCCCCCCC)C(=S)[S][Pb][S]C(=S)N(CCCCCCCCCCCCCCCC)CCCCCCCCCCCCCCCC. The van der Waals surface area contributed by atoms with Gasteiger partial charge in [0.1, 0.15) is 0 Å². The van der Waals surface area contributed by atoms with Gasteiger partial charge in [0.2, 0.25) is 0 Å². The molecular weight excluding hydrogens is 1160 g/mol. The van der Waals surface area contributed by atoms with Gasteiger partial charge >= 0.3 is 312 Å². The standard InChI is InChI=1S/2C33H67NS2.Pb/c2*1-3-5-7-9-11-13-15-17-19-21-23-25-27-29-31-34(33(35)36)32-30-28-26-24-22-20-18-16-14-12-10-8-6-4-2;/h2*3-32H2,1-2H3,(H,35,36);/q;;+2/p-2. The Kier molecular flexibility index (Phi) is 67.2. The normalized spacial score (nSPS) is 11.6. The number of rotatable bonds is 62. The summed E-state index contributed by atoms with van der Waals surface area (Å²) >= 11 is 11.5. The third-order valence-corrected chi connectivity index (χ3v) is 32.2. The van der Waals surface area contributed by atoms with Crippen LogP contribution in [0.1, 0.15) is 387 Å². The summed E-state index contributed by atoms with van der Waals surface area (Å²) in [4.78, 5) is 5.30. The molecule has 0 saturated heterocycles. The molecule has 0 aromatic rings. The van der Waals surface area contributed by atoms with Crippen LogP contribution in [-0.2, 0) is 0 Å². The van der Waals surface area contributed by atoms with Crippen molar-refractivity contribution in [1.29, 1.82) is 0 Å². The van der Waals surface area contributed by atoms with E-state index >= 15 is 0 Å². The molecule has 0 aliphatic heterocycles. The van der Waals surface area contributed by atoms with Crippen molar-refractivity contribution < 1.29 is 0 Å². The molecule has 0 saturated carbocycles. The molecule has 0 heterocycles. The fraction of sp³-hybridized carbons (Fsp3) is 0.970. The van der Waals surface area contributed by atoms with Gasteiger partial charge in [-0.25, -0.2) is 0 Å². The maximum atomic E-state index is 6.30. The van der Waals surface area contributed by atoms with Crippen LogP contribution in [0.15, 0.2) is 0 Å². The van der Waals surface area contributed by atoms with Crippen molar-refractivity contribution in [1.82, 2.24) is 9.80 Å². The number of thiocarbonyl (C=S) groups is 2. The van der Waals surface area contributed by atoms with Gasteiger partial charge in [0.05, 0.1) is 0 Å². The molecule has 0 aliphatic carbocycles. The molecule has 0 atom stereocenters. The Morgan fingerprint density at radius 1 is 0.219 bits per heavy atom. The minimum absolute atomic E-state index is 1.11. The van der Waals surface area contributed by atoms with Gasteiger partial charge in [-0.3, -0.25) is 0 Å². The zero-order valence-electron chi connectivity index (χ0n) is 50.5. The van der Waals surface area contributed by atoms with Crippen molar-refractivity contribution in [2.45, 2.75) is 387 Å². The van der Waals surface area contributed by atoms with E-state index in [1.165, 1.54) is 394 Å². The second-order valence-electron chi connectivity index (χ2n) is 23.2. The van der Waals surface area contributed by atoms with Crippen molar-refractivity contribution in [3.63, 3.8) is 0 Å². The molecular formula is C66H132N2PbS4. The predicted molar refractivity (Wildman–Crippen MR) is 351 cm³/mol. The first-order valence-corrected chi connectivity index (χ1v) is 45.7. The van der Waals surface area contributed by atoms with Crippen molar-refractivity contribution in [3.05, 3.63) is 0 Å². The Labute approximate surface area is 490 Å². The fourth-order valence-corrected chi connectivity index (χ4v) is 27.4. The molecule has 7 heteroatoms. The van der Waals surface area contributed by atoms with Crippen LogP contribution in [0.2, 0.25) is 0 Å². The molecule has 0 spiro atoms. The van der Waals surface area contributed by atoms with Crippen LogP contribution in [0.5, 0.6) is 0 Å². The minimum atomic E-state index is -1.11. The van der Waals surface area contributed by atoms with Crippen molar-refractivity contribution >= 4 is 70.9 Å². The molecule has 0 aliphatic rings. The van der Waals surface area contributed by atoms with Gasteiger partial charge in [0.15, 0.2) is 0 Å². The molecule has 0 rings (SSSR count). The summed E-state index contributed by atoms with van der Waals surface area (Å²) < 4.78 is 2.43. The molecule has 434 valence electrons. The summed E-state index contributed by atoms with van der Waals surface area (Å²) in [5, 5.41) is 0.